The zero-order valence-corrected chi connectivity index (χ0v) is 28.6. The summed E-state index contributed by atoms with van der Waals surface area (Å²) in [6, 6.07) is 13.8. The largest absolute Gasteiger partial charge is 0.416 e. The molecule has 5 rings (SSSR count). The maximum Gasteiger partial charge on any atom is 0.416 e. The summed E-state index contributed by atoms with van der Waals surface area (Å²) in [7, 11) is 0. The number of likely N-dealkylation sites (tertiary alicyclic amines) is 1. The van der Waals surface area contributed by atoms with Crippen LogP contribution in [0.5, 0.6) is 0 Å². The van der Waals surface area contributed by atoms with Gasteiger partial charge in [-0.2, -0.15) is 18.2 Å². The lowest BCUT2D eigenvalue weighted by atomic mass is 9.99. The molecular weight excluding hydrogens is 648 g/mol. The second kappa shape index (κ2) is 16.8. The highest BCUT2D eigenvalue weighted by Gasteiger charge is 2.32. The standard InChI is InChI=1S/C37H48F4N8O/c1-24(43)6-4-7-25-18-27(20-29(19-25)37(39,40)41)32-21-28-23-49(36(50)47-35(28)46-32)31-12-10-26(11-13-31)33-9-3-2-8-30(48(33)17-5-15-38)14-16-45-34(44)22-42/h10-13,18-21,23-24,30,33H,2-9,14-17,22,42-43H2,1H3,(H2,44,45)(H,46,47,50)/t24-,30-,33-/m0/s1. The molecule has 1 fully saturated rings. The van der Waals surface area contributed by atoms with Gasteiger partial charge in [0.05, 0.1) is 24.5 Å². The number of halogens is 4. The van der Waals surface area contributed by atoms with Crippen molar-refractivity contribution in [3.8, 4) is 16.9 Å². The van der Waals surface area contributed by atoms with Gasteiger partial charge >= 0.3 is 11.9 Å². The molecule has 0 spiro atoms. The van der Waals surface area contributed by atoms with Crippen molar-refractivity contribution in [1.82, 2.24) is 19.4 Å². The van der Waals surface area contributed by atoms with Gasteiger partial charge in [-0.15, -0.1) is 0 Å². The molecule has 2 aromatic heterocycles. The molecule has 7 N–H and O–H groups in total. The number of aliphatic imine (C=N–C) groups is 1. The molecule has 1 aliphatic rings. The molecule has 1 aliphatic heterocycles. The zero-order valence-electron chi connectivity index (χ0n) is 28.6. The molecule has 9 nitrogen and oxygen atoms in total. The van der Waals surface area contributed by atoms with Crippen LogP contribution in [-0.2, 0) is 12.6 Å². The number of nitrogens with zero attached hydrogens (tertiary/aromatic N) is 4. The van der Waals surface area contributed by atoms with E-state index in [9.17, 15) is 22.4 Å². The van der Waals surface area contributed by atoms with E-state index in [2.05, 4.69) is 19.9 Å². The SMILES string of the molecule is C[C@H](N)CCCc1cc(-c2cc3cn(-c4ccc([C@@H]5CCCC[C@@H](CCN=C(N)CN)N5CCCF)cc4)c(=O)nc3[nH]2)cc(C(F)(F)F)c1. The molecule has 0 saturated carbocycles. The first-order valence-corrected chi connectivity index (χ1v) is 17.5. The van der Waals surface area contributed by atoms with Crippen LogP contribution in [0.4, 0.5) is 17.6 Å². The van der Waals surface area contributed by atoms with Gasteiger partial charge in [0.25, 0.3) is 0 Å². The maximum atomic E-state index is 13.8. The minimum Gasteiger partial charge on any atom is -0.386 e. The highest BCUT2D eigenvalue weighted by Crippen LogP contribution is 2.36. The number of amidine groups is 1. The summed E-state index contributed by atoms with van der Waals surface area (Å²) in [5.74, 6) is 0.424. The number of nitrogens with two attached hydrogens (primary N) is 3. The Bertz CT molecular complexity index is 1800. The average Bonchev–Trinajstić information content (AvgIpc) is 3.39. The Labute approximate surface area is 290 Å². The molecular formula is C37H48F4N8O. The summed E-state index contributed by atoms with van der Waals surface area (Å²) in [4.78, 5) is 27.3. The lowest BCUT2D eigenvalue weighted by Crippen LogP contribution is -2.39. The van der Waals surface area contributed by atoms with Crippen molar-refractivity contribution < 1.29 is 17.6 Å². The smallest absolute Gasteiger partial charge is 0.386 e. The number of benzene rings is 2. The van der Waals surface area contributed by atoms with Crippen LogP contribution in [0.1, 0.15) is 81.0 Å². The van der Waals surface area contributed by atoms with Crippen molar-refractivity contribution in [2.24, 2.45) is 22.2 Å². The number of aromatic amines is 1. The first-order valence-electron chi connectivity index (χ1n) is 17.5. The van der Waals surface area contributed by atoms with Gasteiger partial charge in [-0.3, -0.25) is 18.8 Å². The first kappa shape index (κ1) is 37.2. The second-order valence-corrected chi connectivity index (χ2v) is 13.4. The number of hydrogen-bond acceptors (Lipinski definition) is 6. The molecule has 2 aromatic carbocycles. The van der Waals surface area contributed by atoms with Crippen LogP contribution in [0.2, 0.25) is 0 Å². The quantitative estimate of drug-likeness (QED) is 0.0681. The van der Waals surface area contributed by atoms with E-state index in [1.54, 1.807) is 18.3 Å². The van der Waals surface area contributed by atoms with E-state index in [1.807, 2.05) is 31.2 Å². The third-order valence-corrected chi connectivity index (χ3v) is 9.49. The Balaban J connectivity index is 1.41. The van der Waals surface area contributed by atoms with Crippen molar-refractivity contribution in [2.45, 2.75) is 89.0 Å². The van der Waals surface area contributed by atoms with E-state index in [0.29, 0.717) is 78.2 Å². The Kier molecular flexibility index (Phi) is 12.5. The Morgan fingerprint density at radius 3 is 2.56 bits per heavy atom. The van der Waals surface area contributed by atoms with E-state index < -0.39 is 24.1 Å². The predicted molar refractivity (Wildman–Crippen MR) is 191 cm³/mol. The van der Waals surface area contributed by atoms with E-state index >= 15 is 0 Å². The van der Waals surface area contributed by atoms with Crippen molar-refractivity contribution in [2.75, 3.05) is 26.3 Å². The molecule has 50 heavy (non-hydrogen) atoms. The van der Waals surface area contributed by atoms with Gasteiger partial charge < -0.3 is 22.2 Å². The molecule has 270 valence electrons. The van der Waals surface area contributed by atoms with E-state index in [4.69, 9.17) is 17.2 Å². The summed E-state index contributed by atoms with van der Waals surface area (Å²) in [5.41, 5.74) is 19.4. The molecule has 0 amide bonds. The number of fused-ring (bicyclic) bond motifs is 1. The van der Waals surface area contributed by atoms with Gasteiger partial charge in [-0.25, -0.2) is 4.79 Å². The number of aryl methyl sites for hydroxylation is 1. The highest BCUT2D eigenvalue weighted by atomic mass is 19.4. The molecule has 3 atom stereocenters. The molecule has 13 heteroatoms. The maximum absolute atomic E-state index is 13.8. The van der Waals surface area contributed by atoms with Crippen LogP contribution in [0.25, 0.3) is 28.0 Å². The fraction of sp³-hybridized carbons (Fsp3) is 0.486. The normalized spacial score (nSPS) is 18.4. The number of hydrogen-bond donors (Lipinski definition) is 4. The van der Waals surface area contributed by atoms with Crippen molar-refractivity contribution in [1.29, 1.82) is 0 Å². The summed E-state index contributed by atoms with van der Waals surface area (Å²) in [6.45, 7) is 2.88. The van der Waals surface area contributed by atoms with E-state index in [0.717, 1.165) is 43.7 Å². The number of rotatable bonds is 14. The van der Waals surface area contributed by atoms with Crippen LogP contribution in [-0.4, -0.2) is 63.7 Å². The van der Waals surface area contributed by atoms with Gasteiger partial charge in [0.1, 0.15) is 11.5 Å². The van der Waals surface area contributed by atoms with Crippen molar-refractivity contribution >= 4 is 16.9 Å². The lowest BCUT2D eigenvalue weighted by Gasteiger charge is -2.36. The third kappa shape index (κ3) is 9.37. The Morgan fingerprint density at radius 1 is 1.10 bits per heavy atom. The van der Waals surface area contributed by atoms with Crippen LogP contribution in [0.3, 0.4) is 0 Å². The average molecular weight is 697 g/mol. The first-order chi connectivity index (χ1) is 24.0. The summed E-state index contributed by atoms with van der Waals surface area (Å²) >= 11 is 0. The summed E-state index contributed by atoms with van der Waals surface area (Å²) in [6.07, 6.45) is 4.25. The summed E-state index contributed by atoms with van der Waals surface area (Å²) in [5, 5.41) is 0.585. The van der Waals surface area contributed by atoms with Gasteiger partial charge in [0.2, 0.25) is 0 Å². The molecule has 4 aromatic rings. The topological polar surface area (TPSA) is 144 Å². The third-order valence-electron chi connectivity index (χ3n) is 9.49. The number of H-pyrrole nitrogens is 1. The monoisotopic (exact) mass is 696 g/mol. The molecule has 0 aliphatic carbocycles. The fourth-order valence-corrected chi connectivity index (χ4v) is 6.95. The van der Waals surface area contributed by atoms with Crippen LogP contribution in [0, 0.1) is 0 Å². The van der Waals surface area contributed by atoms with Crippen LogP contribution < -0.4 is 22.9 Å². The second-order valence-electron chi connectivity index (χ2n) is 13.4. The van der Waals surface area contributed by atoms with E-state index in [-0.39, 0.29) is 24.7 Å². The number of nitrogens with one attached hydrogen (secondary N) is 1. The van der Waals surface area contributed by atoms with Crippen LogP contribution >= 0.6 is 0 Å². The van der Waals surface area contributed by atoms with E-state index in [1.165, 1.54) is 10.6 Å². The molecule has 3 heterocycles. The molecule has 0 radical (unpaired) electrons. The number of alkyl halides is 4. The molecule has 0 unspecified atom stereocenters. The van der Waals surface area contributed by atoms with Crippen molar-refractivity contribution in [3.05, 3.63) is 81.9 Å². The minimum atomic E-state index is -4.51. The van der Waals surface area contributed by atoms with Crippen LogP contribution in [0.15, 0.2) is 64.5 Å². The zero-order chi connectivity index (χ0) is 35.8. The van der Waals surface area contributed by atoms with Gasteiger partial charge in [-0.1, -0.05) is 25.0 Å². The fourth-order valence-electron chi connectivity index (χ4n) is 6.95. The minimum absolute atomic E-state index is 0.0338. The molecule has 1 saturated heterocycles. The lowest BCUT2D eigenvalue weighted by molar-refractivity contribution is -0.137. The highest BCUT2D eigenvalue weighted by molar-refractivity contribution is 5.83. The Morgan fingerprint density at radius 2 is 1.86 bits per heavy atom. The van der Waals surface area contributed by atoms with Gasteiger partial charge in [0, 0.05) is 48.5 Å². The van der Waals surface area contributed by atoms with Crippen molar-refractivity contribution in [3.63, 3.8) is 0 Å². The van der Waals surface area contributed by atoms with Gasteiger partial charge in [0.15, 0.2) is 0 Å². The summed E-state index contributed by atoms with van der Waals surface area (Å²) < 4.78 is 56.4. The van der Waals surface area contributed by atoms with Gasteiger partial charge in [-0.05, 0) is 105 Å². The molecule has 0 bridgehead atoms. The Hall–Kier alpha value is -4.07. The predicted octanol–water partition coefficient (Wildman–Crippen LogP) is 6.42. The number of aromatic nitrogens is 3.